The molecule has 5 N–H and O–H groups in total. The zero-order chi connectivity index (χ0) is 8.20. The van der Waals surface area contributed by atoms with Gasteiger partial charge in [-0.1, -0.05) is 0 Å². The summed E-state index contributed by atoms with van der Waals surface area (Å²) in [5, 5.41) is 8.73. The Labute approximate surface area is 80.8 Å². The molecule has 0 rings (SSSR count). The molecule has 11 heavy (non-hydrogen) atoms. The minimum Gasteiger partial charge on any atom is -0.391 e. The van der Waals surface area contributed by atoms with Crippen LogP contribution in [0.4, 0.5) is 0 Å². The molecule has 0 aliphatic carbocycles. The fraction of sp³-hybridized carbons (Fsp3) is 1.00. The molecular weight excluding hydrogens is 184 g/mol. The third-order valence-electron chi connectivity index (χ3n) is 0.707. The molecule has 0 bridgehead atoms. The maximum absolute atomic E-state index is 10.2. The van der Waals surface area contributed by atoms with Gasteiger partial charge in [0.1, 0.15) is 0 Å². The topological polar surface area (TPSA) is 104 Å². The molecule has 62 valence electrons. The predicted octanol–water partition coefficient (Wildman–Crippen LogP) is -3.86. The van der Waals surface area contributed by atoms with Crippen molar-refractivity contribution in [2.45, 2.75) is 6.10 Å². The zero-order valence-electron chi connectivity index (χ0n) is 6.17. The first kappa shape index (κ1) is 14.5. The van der Waals surface area contributed by atoms with E-state index in [1.165, 1.54) is 0 Å². The summed E-state index contributed by atoms with van der Waals surface area (Å²) in [5.74, 6) is -0.0270. The van der Waals surface area contributed by atoms with E-state index in [1.807, 2.05) is 0 Å². The van der Waals surface area contributed by atoms with Gasteiger partial charge in [0.05, 0.1) is 6.10 Å². The van der Waals surface area contributed by atoms with Crippen LogP contribution < -0.4 is 24.6 Å². The van der Waals surface area contributed by atoms with Crippen LogP contribution in [-0.2, 0) is 4.57 Å². The molecule has 0 aliphatic rings. The fourth-order valence-electron chi connectivity index (χ4n) is 0.251. The predicted molar refractivity (Wildman–Crippen MR) is 39.6 cm³/mol. The Balaban J connectivity index is 0. The average Bonchev–Trinajstić information content (AvgIpc) is 1.81. The third-order valence-corrected chi connectivity index (χ3v) is 3.03. The Hall–Kier alpha value is 1.02. The van der Waals surface area contributed by atoms with Crippen molar-refractivity contribution in [2.75, 3.05) is 12.3 Å². The molecule has 0 aliphatic heterocycles. The van der Waals surface area contributed by atoms with Crippen molar-refractivity contribution in [2.24, 2.45) is 5.73 Å². The van der Waals surface area contributed by atoms with E-state index in [4.69, 9.17) is 20.6 Å². The van der Waals surface area contributed by atoms with Gasteiger partial charge in [-0.15, -0.1) is 0 Å². The van der Waals surface area contributed by atoms with Gasteiger partial charge in [-0.2, -0.15) is 0 Å². The molecule has 5 nitrogen and oxygen atoms in total. The van der Waals surface area contributed by atoms with Gasteiger partial charge in [0.15, 0.2) is 0 Å². The summed E-state index contributed by atoms with van der Waals surface area (Å²) >= 11 is 0.403. The Kier molecular flexibility index (Phi) is 8.62. The van der Waals surface area contributed by atoms with Crippen LogP contribution in [0, 0.1) is 0 Å². The van der Waals surface area contributed by atoms with Crippen molar-refractivity contribution < 1.29 is 38.3 Å². The fourth-order valence-corrected chi connectivity index (χ4v) is 1.85. The van der Waals surface area contributed by atoms with E-state index in [9.17, 15) is 4.57 Å². The van der Waals surface area contributed by atoms with Crippen molar-refractivity contribution in [3.8, 4) is 0 Å². The molecule has 0 heterocycles. The SMILES string of the molecule is NCC(O)CSP(=O)(O)O.[Li+]. The van der Waals surface area contributed by atoms with Crippen LogP contribution in [0.2, 0.25) is 0 Å². The second-order valence-electron chi connectivity index (χ2n) is 1.68. The Morgan fingerprint density at radius 3 is 2.27 bits per heavy atom. The smallest absolute Gasteiger partial charge is 0.391 e. The van der Waals surface area contributed by atoms with Crippen molar-refractivity contribution in [3.05, 3.63) is 0 Å². The van der Waals surface area contributed by atoms with Crippen LogP contribution in [0.15, 0.2) is 0 Å². The van der Waals surface area contributed by atoms with Crippen LogP contribution in [0.25, 0.3) is 0 Å². The van der Waals surface area contributed by atoms with E-state index in [2.05, 4.69) is 0 Å². The summed E-state index contributed by atoms with van der Waals surface area (Å²) in [4.78, 5) is 16.6. The maximum Gasteiger partial charge on any atom is 1.00 e. The summed E-state index contributed by atoms with van der Waals surface area (Å²) in [5.41, 5.74) is 4.99. The van der Waals surface area contributed by atoms with E-state index in [0.29, 0.717) is 11.4 Å². The number of nitrogens with two attached hydrogens (primary N) is 1. The summed E-state index contributed by atoms with van der Waals surface area (Å²) in [6.45, 7) is -4.01. The van der Waals surface area contributed by atoms with Crippen LogP contribution in [-0.4, -0.2) is 33.3 Å². The minimum atomic E-state index is -4.03. The van der Waals surface area contributed by atoms with Gasteiger partial charge in [0.2, 0.25) is 0 Å². The Morgan fingerprint density at radius 2 is 2.00 bits per heavy atom. The second-order valence-corrected chi connectivity index (χ2v) is 5.45. The van der Waals surface area contributed by atoms with Gasteiger partial charge in [0.25, 0.3) is 0 Å². The van der Waals surface area contributed by atoms with Gasteiger partial charge in [0, 0.05) is 12.3 Å². The second kappa shape index (κ2) is 6.52. The molecule has 0 aromatic heterocycles. The standard InChI is InChI=1S/C3H10NO4PS.Li/c4-1-3(5)2-10-9(6,7)8;/h3,5H,1-2,4H2,(H2,6,7,8);/q;+1. The zero-order valence-corrected chi connectivity index (χ0v) is 7.89. The first-order valence-corrected chi connectivity index (χ1v) is 5.74. The van der Waals surface area contributed by atoms with Gasteiger partial charge < -0.3 is 20.6 Å². The minimum absolute atomic E-state index is 0. The molecule has 0 fully saturated rings. The molecule has 1 atom stereocenters. The summed E-state index contributed by atoms with van der Waals surface area (Å²) in [7, 11) is 0. The number of rotatable bonds is 4. The average molecular weight is 194 g/mol. The molecule has 0 aromatic rings. The van der Waals surface area contributed by atoms with Crippen molar-refractivity contribution in [3.63, 3.8) is 0 Å². The quantitative estimate of drug-likeness (QED) is 0.270. The summed E-state index contributed by atoms with van der Waals surface area (Å²) in [6, 6.07) is 0. The van der Waals surface area contributed by atoms with E-state index in [1.54, 1.807) is 0 Å². The molecule has 0 spiro atoms. The maximum atomic E-state index is 10.2. The molecule has 0 saturated carbocycles. The largest absolute Gasteiger partial charge is 1.00 e. The van der Waals surface area contributed by atoms with Crippen molar-refractivity contribution >= 4 is 18.2 Å². The Morgan fingerprint density at radius 1 is 1.55 bits per heavy atom. The van der Waals surface area contributed by atoms with Gasteiger partial charge in [-0.05, 0) is 11.4 Å². The normalized spacial score (nSPS) is 13.8. The van der Waals surface area contributed by atoms with E-state index >= 15 is 0 Å². The summed E-state index contributed by atoms with van der Waals surface area (Å²) < 4.78 is 10.2. The number of aliphatic hydroxyl groups excluding tert-OH is 1. The van der Waals surface area contributed by atoms with E-state index < -0.39 is 12.9 Å². The van der Waals surface area contributed by atoms with Crippen LogP contribution in [0.1, 0.15) is 0 Å². The molecule has 0 aromatic carbocycles. The number of aliphatic hydroxyl groups is 1. The Bertz CT molecular complexity index is 141. The monoisotopic (exact) mass is 194 g/mol. The van der Waals surface area contributed by atoms with Crippen molar-refractivity contribution in [1.29, 1.82) is 0 Å². The van der Waals surface area contributed by atoms with Crippen LogP contribution in [0.3, 0.4) is 0 Å². The first-order valence-electron chi connectivity index (χ1n) is 2.54. The summed E-state index contributed by atoms with van der Waals surface area (Å²) in [6.07, 6.45) is -0.836. The molecule has 0 amide bonds. The number of hydrogen-bond acceptors (Lipinski definition) is 4. The third kappa shape index (κ3) is 11.0. The first-order chi connectivity index (χ1) is 4.45. The molecule has 8 heteroatoms. The molecular formula is C3H10LiNO4PS+. The van der Waals surface area contributed by atoms with E-state index in [-0.39, 0.29) is 31.2 Å². The molecule has 0 radical (unpaired) electrons. The van der Waals surface area contributed by atoms with E-state index in [0.717, 1.165) is 0 Å². The van der Waals surface area contributed by atoms with Gasteiger partial charge in [-0.3, -0.25) is 0 Å². The van der Waals surface area contributed by atoms with Crippen molar-refractivity contribution in [1.82, 2.24) is 0 Å². The molecule has 0 saturated heterocycles. The van der Waals surface area contributed by atoms with Crippen LogP contribution in [0.5, 0.6) is 0 Å². The van der Waals surface area contributed by atoms with Gasteiger partial charge >= 0.3 is 25.7 Å². The molecule has 1 unspecified atom stereocenters. The number of hydrogen-bond donors (Lipinski definition) is 4. The van der Waals surface area contributed by atoms with Crippen LogP contribution >= 0.6 is 18.2 Å². The van der Waals surface area contributed by atoms with Gasteiger partial charge in [-0.25, -0.2) is 4.57 Å².